The van der Waals surface area contributed by atoms with Crippen LogP contribution < -0.4 is 5.73 Å². The first-order chi connectivity index (χ1) is 5.70. The Hall–Kier alpha value is -0.210. The molecule has 0 atom stereocenters. The number of aromatic nitrogens is 1. The van der Waals surface area contributed by atoms with Gasteiger partial charge in [-0.15, -0.1) is 0 Å². The lowest BCUT2D eigenvalue weighted by Crippen LogP contribution is -2.07. The topological polar surface area (TPSA) is 68.2 Å². The maximum absolute atomic E-state index is 10.6. The molecule has 3 N–H and O–H groups in total. The van der Waals surface area contributed by atoms with E-state index in [2.05, 4.69) is 21.2 Å². The summed E-state index contributed by atoms with van der Waals surface area (Å²) in [5.41, 5.74) is 6.33. The Morgan fingerprint density at radius 2 is 2.50 bits per heavy atom. The van der Waals surface area contributed by atoms with Gasteiger partial charge in [0.1, 0.15) is 0 Å². The Morgan fingerprint density at radius 3 is 2.92 bits per heavy atom. The lowest BCUT2D eigenvalue weighted by atomic mass is 10.2. The predicted octanol–water partition coefficient (Wildman–Crippen LogP) is 1.49. The van der Waals surface area contributed by atoms with Gasteiger partial charge in [0.25, 0.3) is 0 Å². The van der Waals surface area contributed by atoms with Gasteiger partial charge in [-0.2, -0.15) is 0 Å². The third-order valence-corrected chi connectivity index (χ3v) is 3.22. The second-order valence-electron chi connectivity index (χ2n) is 2.08. The molecule has 0 aromatic carbocycles. The summed E-state index contributed by atoms with van der Waals surface area (Å²) in [5.74, 6) is -0.931. The highest BCUT2D eigenvalue weighted by Gasteiger charge is 2.13. The number of rotatable bonds is 3. The minimum Gasteiger partial charge on any atom is -0.478 e. The van der Waals surface area contributed by atoms with Crippen molar-refractivity contribution in [2.24, 2.45) is 5.73 Å². The highest BCUT2D eigenvalue weighted by atomic mass is 127. The number of aromatic carboxylic acids is 1. The van der Waals surface area contributed by atoms with Gasteiger partial charge in [-0.25, -0.2) is 4.79 Å². The average Bonchev–Trinajstić information content (AvgIpc) is 2.46. The van der Waals surface area contributed by atoms with Gasteiger partial charge in [-0.3, -0.25) is 3.97 Å². The van der Waals surface area contributed by atoms with E-state index in [1.807, 2.05) is 0 Å². The molecule has 0 saturated heterocycles. The molecule has 0 saturated carbocycles. The SMILES string of the molecule is NCc1c(C(=O)O)ccn1SI. The highest BCUT2D eigenvalue weighted by molar-refractivity contribution is 14.2. The first kappa shape index (κ1) is 9.87. The summed E-state index contributed by atoms with van der Waals surface area (Å²) in [6, 6.07) is 1.55. The van der Waals surface area contributed by atoms with Crippen LogP contribution in [0.3, 0.4) is 0 Å². The largest absolute Gasteiger partial charge is 0.478 e. The highest BCUT2D eigenvalue weighted by Crippen LogP contribution is 2.21. The molecule has 0 bridgehead atoms. The van der Waals surface area contributed by atoms with E-state index in [4.69, 9.17) is 10.8 Å². The molecule has 1 aromatic heterocycles. The molecule has 1 rings (SSSR count). The van der Waals surface area contributed by atoms with Crippen molar-refractivity contribution in [3.8, 4) is 0 Å². The smallest absolute Gasteiger partial charge is 0.337 e. The molecule has 4 nitrogen and oxygen atoms in total. The predicted molar refractivity (Wildman–Crippen MR) is 56.3 cm³/mol. The summed E-state index contributed by atoms with van der Waals surface area (Å²) in [6.07, 6.45) is 1.70. The van der Waals surface area contributed by atoms with Gasteiger partial charge < -0.3 is 10.8 Å². The summed E-state index contributed by atoms with van der Waals surface area (Å²) >= 11 is 2.07. The molecule has 1 aromatic rings. The van der Waals surface area contributed by atoms with E-state index in [0.717, 1.165) is 0 Å². The lowest BCUT2D eigenvalue weighted by Gasteiger charge is -2.01. The molecular formula is C6H7IN2O2S. The molecule has 0 aliphatic rings. The molecule has 0 aliphatic carbocycles. The zero-order chi connectivity index (χ0) is 9.14. The number of hydrogen-bond donors (Lipinski definition) is 2. The van der Waals surface area contributed by atoms with Crippen LogP contribution in [0.4, 0.5) is 0 Å². The van der Waals surface area contributed by atoms with E-state index in [0.29, 0.717) is 5.69 Å². The minimum absolute atomic E-state index is 0.241. The van der Waals surface area contributed by atoms with Crippen molar-refractivity contribution >= 4 is 36.3 Å². The standard InChI is InChI=1S/C6H7IN2O2S/c7-12-9-2-1-4(6(10)11)5(9)3-8/h1-2H,3,8H2,(H,10,11). The second-order valence-corrected chi connectivity index (χ2v) is 3.79. The third kappa shape index (κ3) is 1.75. The van der Waals surface area contributed by atoms with Crippen LogP contribution in [-0.2, 0) is 6.54 Å². The van der Waals surface area contributed by atoms with E-state index in [1.165, 1.54) is 9.12 Å². The van der Waals surface area contributed by atoms with E-state index in [1.54, 1.807) is 16.2 Å². The maximum Gasteiger partial charge on any atom is 0.337 e. The Bertz CT molecular complexity index is 300. The van der Waals surface area contributed by atoms with Crippen LogP contribution in [0.2, 0.25) is 0 Å². The number of halogens is 1. The monoisotopic (exact) mass is 298 g/mol. The molecule has 6 heteroatoms. The molecule has 1 heterocycles. The average molecular weight is 298 g/mol. The van der Waals surface area contributed by atoms with E-state index >= 15 is 0 Å². The van der Waals surface area contributed by atoms with Gasteiger partial charge in [0, 0.05) is 43.1 Å². The van der Waals surface area contributed by atoms with Gasteiger partial charge in [0.05, 0.1) is 11.3 Å². The van der Waals surface area contributed by atoms with E-state index in [9.17, 15) is 4.79 Å². The first-order valence-corrected chi connectivity index (χ1v) is 6.45. The van der Waals surface area contributed by atoms with Crippen molar-refractivity contribution in [1.29, 1.82) is 0 Å². The Kier molecular flexibility index (Phi) is 3.41. The number of carbonyl (C=O) groups is 1. The lowest BCUT2D eigenvalue weighted by molar-refractivity contribution is 0.0696. The summed E-state index contributed by atoms with van der Waals surface area (Å²) in [5, 5.41) is 8.73. The summed E-state index contributed by atoms with van der Waals surface area (Å²) in [6.45, 7) is 0.241. The van der Waals surface area contributed by atoms with E-state index in [-0.39, 0.29) is 12.1 Å². The maximum atomic E-state index is 10.6. The van der Waals surface area contributed by atoms with E-state index < -0.39 is 5.97 Å². The second kappa shape index (κ2) is 4.15. The summed E-state index contributed by atoms with van der Waals surface area (Å²) in [7, 11) is 1.40. The normalized spacial score (nSPS) is 10.2. The number of carboxylic acids is 1. The van der Waals surface area contributed by atoms with Crippen molar-refractivity contribution in [2.45, 2.75) is 6.54 Å². The van der Waals surface area contributed by atoms with Crippen LogP contribution in [0.1, 0.15) is 16.1 Å². The van der Waals surface area contributed by atoms with Gasteiger partial charge in [-0.05, 0) is 6.07 Å². The van der Waals surface area contributed by atoms with Crippen LogP contribution >= 0.6 is 30.3 Å². The molecule has 0 spiro atoms. The van der Waals surface area contributed by atoms with Crippen LogP contribution in [0.25, 0.3) is 0 Å². The minimum atomic E-state index is -0.931. The Morgan fingerprint density at radius 1 is 1.83 bits per heavy atom. The summed E-state index contributed by atoms with van der Waals surface area (Å²) in [4.78, 5) is 10.6. The van der Waals surface area contributed by atoms with Gasteiger partial charge in [0.15, 0.2) is 0 Å². The zero-order valence-electron chi connectivity index (χ0n) is 6.03. The molecule has 66 valence electrons. The number of nitrogens with two attached hydrogens (primary N) is 1. The molecule has 0 unspecified atom stereocenters. The fourth-order valence-electron chi connectivity index (χ4n) is 0.906. The first-order valence-electron chi connectivity index (χ1n) is 3.13. The van der Waals surface area contributed by atoms with Crippen molar-refractivity contribution in [2.75, 3.05) is 0 Å². The fourth-order valence-corrected chi connectivity index (χ4v) is 2.38. The number of carboxylic acid groups (broad SMARTS) is 1. The number of hydrogen-bond acceptors (Lipinski definition) is 3. The number of nitrogens with zero attached hydrogens (tertiary/aromatic N) is 1. The van der Waals surface area contributed by atoms with Crippen LogP contribution in [0, 0.1) is 0 Å². The quantitative estimate of drug-likeness (QED) is 0.830. The fraction of sp³-hybridized carbons (Fsp3) is 0.167. The third-order valence-electron chi connectivity index (χ3n) is 1.45. The molecule has 0 aliphatic heterocycles. The molecule has 0 radical (unpaired) electrons. The van der Waals surface area contributed by atoms with Crippen molar-refractivity contribution in [3.05, 3.63) is 23.5 Å². The zero-order valence-corrected chi connectivity index (χ0v) is 9.00. The molecular weight excluding hydrogens is 291 g/mol. The van der Waals surface area contributed by atoms with Gasteiger partial charge >= 0.3 is 5.97 Å². The van der Waals surface area contributed by atoms with Crippen LogP contribution in [0.15, 0.2) is 12.3 Å². The Balaban J connectivity index is 3.13. The molecule has 0 amide bonds. The summed E-state index contributed by atoms with van der Waals surface area (Å²) < 4.78 is 1.74. The van der Waals surface area contributed by atoms with Crippen LogP contribution in [-0.4, -0.2) is 15.0 Å². The molecule has 0 fully saturated rings. The van der Waals surface area contributed by atoms with Crippen molar-refractivity contribution in [3.63, 3.8) is 0 Å². The van der Waals surface area contributed by atoms with Crippen molar-refractivity contribution < 1.29 is 9.90 Å². The van der Waals surface area contributed by atoms with Gasteiger partial charge in [-0.1, -0.05) is 0 Å². The molecule has 12 heavy (non-hydrogen) atoms. The van der Waals surface area contributed by atoms with Crippen molar-refractivity contribution in [1.82, 2.24) is 3.97 Å². The van der Waals surface area contributed by atoms with Gasteiger partial charge in [0.2, 0.25) is 0 Å². The Labute approximate surface area is 85.8 Å². The van der Waals surface area contributed by atoms with Crippen LogP contribution in [0.5, 0.6) is 0 Å².